The fourth-order valence-corrected chi connectivity index (χ4v) is 1.56. The van der Waals surface area contributed by atoms with Gasteiger partial charge < -0.3 is 4.57 Å². The lowest BCUT2D eigenvalue weighted by atomic mass is 10.3. The molecule has 1 amide bonds. The lowest BCUT2D eigenvalue weighted by molar-refractivity contribution is -0.118. The second-order valence-corrected chi connectivity index (χ2v) is 3.68. The molecule has 0 aliphatic carbocycles. The average molecular weight is 245 g/mol. The molecule has 4 nitrogen and oxygen atoms in total. The van der Waals surface area contributed by atoms with E-state index in [2.05, 4.69) is 10.5 Å². The summed E-state index contributed by atoms with van der Waals surface area (Å²) in [6.45, 7) is 1.37. The Bertz CT molecular complexity index is 589. The lowest BCUT2D eigenvalue weighted by Gasteiger charge is -2.06. The van der Waals surface area contributed by atoms with Crippen LogP contribution in [-0.2, 0) is 4.79 Å². The van der Waals surface area contributed by atoms with E-state index in [1.807, 2.05) is 0 Å². The van der Waals surface area contributed by atoms with E-state index in [1.54, 1.807) is 41.1 Å². The molecule has 0 fully saturated rings. The van der Waals surface area contributed by atoms with Crippen molar-refractivity contribution < 1.29 is 9.18 Å². The fraction of sp³-hybridized carbons (Fsp3) is 0.0769. The van der Waals surface area contributed by atoms with E-state index < -0.39 is 0 Å². The van der Waals surface area contributed by atoms with Gasteiger partial charge in [0.1, 0.15) is 5.82 Å². The van der Waals surface area contributed by atoms with Gasteiger partial charge in [-0.2, -0.15) is 5.10 Å². The van der Waals surface area contributed by atoms with E-state index in [4.69, 9.17) is 0 Å². The first-order valence-corrected chi connectivity index (χ1v) is 5.40. The highest BCUT2D eigenvalue weighted by atomic mass is 19.1. The van der Waals surface area contributed by atoms with Crippen LogP contribution in [0.3, 0.4) is 0 Å². The Balaban J connectivity index is 2.31. The topological polar surface area (TPSA) is 46.4 Å². The third kappa shape index (κ3) is 2.63. The zero-order chi connectivity index (χ0) is 13.0. The zero-order valence-electron chi connectivity index (χ0n) is 9.80. The summed E-state index contributed by atoms with van der Waals surface area (Å²) < 4.78 is 15.3. The smallest absolute Gasteiger partial charge is 0.236 e. The molecule has 2 aromatic rings. The van der Waals surface area contributed by atoms with E-state index in [0.717, 1.165) is 0 Å². The molecule has 92 valence electrons. The van der Waals surface area contributed by atoms with Crippen LogP contribution in [0.2, 0.25) is 0 Å². The van der Waals surface area contributed by atoms with E-state index in [9.17, 15) is 9.18 Å². The number of halogens is 1. The van der Waals surface area contributed by atoms with Crippen molar-refractivity contribution in [2.45, 2.75) is 6.92 Å². The van der Waals surface area contributed by atoms with Crippen LogP contribution in [0.25, 0.3) is 5.69 Å². The second-order valence-electron chi connectivity index (χ2n) is 3.68. The molecule has 1 N–H and O–H groups in total. The summed E-state index contributed by atoms with van der Waals surface area (Å²) in [6, 6.07) is 10.0. The Morgan fingerprint density at radius 2 is 2.11 bits per heavy atom. The molecule has 2 rings (SSSR count). The summed E-state index contributed by atoms with van der Waals surface area (Å²) in [5, 5.41) is 3.76. The number of para-hydroxylation sites is 1. The normalized spacial score (nSPS) is 10.8. The number of amides is 1. The summed E-state index contributed by atoms with van der Waals surface area (Å²) in [5.41, 5.74) is 3.41. The van der Waals surface area contributed by atoms with E-state index in [0.29, 0.717) is 11.4 Å². The molecule has 0 aliphatic heterocycles. The van der Waals surface area contributed by atoms with Gasteiger partial charge in [0.25, 0.3) is 0 Å². The number of rotatable bonds is 3. The highest BCUT2D eigenvalue weighted by Gasteiger charge is 2.05. The highest BCUT2D eigenvalue weighted by molar-refractivity contribution is 5.81. The molecule has 0 spiro atoms. The number of hydrazone groups is 1. The summed E-state index contributed by atoms with van der Waals surface area (Å²) >= 11 is 0. The first-order valence-electron chi connectivity index (χ1n) is 5.40. The number of benzene rings is 1. The minimum atomic E-state index is -0.317. The fourth-order valence-electron chi connectivity index (χ4n) is 1.56. The number of carbonyl (C=O) groups excluding carboxylic acids is 1. The summed E-state index contributed by atoms with van der Waals surface area (Å²) in [7, 11) is 0. The highest BCUT2D eigenvalue weighted by Crippen LogP contribution is 2.15. The molecule has 0 aliphatic rings. The van der Waals surface area contributed by atoms with Gasteiger partial charge in [0.15, 0.2) is 0 Å². The molecule has 0 bridgehead atoms. The number of hydrogen-bond acceptors (Lipinski definition) is 2. The lowest BCUT2D eigenvalue weighted by Crippen LogP contribution is -2.13. The molecule has 0 radical (unpaired) electrons. The van der Waals surface area contributed by atoms with Gasteiger partial charge in [-0.1, -0.05) is 12.1 Å². The van der Waals surface area contributed by atoms with E-state index >= 15 is 0 Å². The van der Waals surface area contributed by atoms with Crippen molar-refractivity contribution in [1.29, 1.82) is 0 Å². The van der Waals surface area contributed by atoms with Crippen LogP contribution in [0, 0.1) is 5.82 Å². The largest absolute Gasteiger partial charge is 0.313 e. The van der Waals surface area contributed by atoms with Crippen molar-refractivity contribution in [1.82, 2.24) is 9.99 Å². The number of nitrogens with one attached hydrogen (secondary N) is 1. The SMILES string of the molecule is CC(=O)NN=Cc1cccn1-c1ccccc1F. The molecule has 1 heterocycles. The Hall–Kier alpha value is -2.43. The van der Waals surface area contributed by atoms with Crippen molar-refractivity contribution in [3.05, 3.63) is 54.1 Å². The van der Waals surface area contributed by atoms with Crippen LogP contribution in [-0.4, -0.2) is 16.7 Å². The Labute approximate surface area is 104 Å². The van der Waals surface area contributed by atoms with Gasteiger partial charge in [-0.25, -0.2) is 9.82 Å². The molecule has 0 saturated heterocycles. The quantitative estimate of drug-likeness (QED) is 0.653. The van der Waals surface area contributed by atoms with Crippen LogP contribution < -0.4 is 5.43 Å². The molecular formula is C13H12FN3O. The number of hydrogen-bond donors (Lipinski definition) is 1. The monoisotopic (exact) mass is 245 g/mol. The standard InChI is InChI=1S/C13H12FN3O/c1-10(18)16-15-9-11-5-4-8-17(11)13-7-3-2-6-12(13)14/h2-9H,1H3,(H,16,18). The van der Waals surface area contributed by atoms with Crippen molar-refractivity contribution >= 4 is 12.1 Å². The predicted octanol–water partition coefficient (Wildman–Crippen LogP) is 2.09. The molecule has 5 heteroatoms. The average Bonchev–Trinajstić information content (AvgIpc) is 2.77. The molecule has 1 aromatic heterocycles. The summed E-state index contributed by atoms with van der Waals surface area (Å²) in [4.78, 5) is 10.7. The van der Waals surface area contributed by atoms with Gasteiger partial charge in [-0.05, 0) is 24.3 Å². The minimum absolute atomic E-state index is 0.254. The number of carbonyl (C=O) groups is 1. The van der Waals surface area contributed by atoms with Gasteiger partial charge in [-0.15, -0.1) is 0 Å². The van der Waals surface area contributed by atoms with Gasteiger partial charge >= 0.3 is 0 Å². The molecule has 0 unspecified atom stereocenters. The first-order chi connectivity index (χ1) is 8.68. The molecule has 0 saturated carbocycles. The van der Waals surface area contributed by atoms with Gasteiger partial charge in [0.05, 0.1) is 17.6 Å². The number of nitrogens with zero attached hydrogens (tertiary/aromatic N) is 2. The van der Waals surface area contributed by atoms with Gasteiger partial charge in [0.2, 0.25) is 5.91 Å². The van der Waals surface area contributed by atoms with Crippen LogP contribution >= 0.6 is 0 Å². The third-order valence-electron chi connectivity index (χ3n) is 2.31. The predicted molar refractivity (Wildman–Crippen MR) is 67.1 cm³/mol. The summed E-state index contributed by atoms with van der Waals surface area (Å²) in [5.74, 6) is -0.571. The maximum absolute atomic E-state index is 13.6. The van der Waals surface area contributed by atoms with Crippen LogP contribution in [0.15, 0.2) is 47.7 Å². The van der Waals surface area contributed by atoms with Crippen LogP contribution in [0.1, 0.15) is 12.6 Å². The Morgan fingerprint density at radius 1 is 1.33 bits per heavy atom. The van der Waals surface area contributed by atoms with E-state index in [1.165, 1.54) is 19.2 Å². The van der Waals surface area contributed by atoms with Gasteiger partial charge in [0, 0.05) is 13.1 Å². The maximum atomic E-state index is 13.6. The van der Waals surface area contributed by atoms with Crippen molar-refractivity contribution in [2.75, 3.05) is 0 Å². The molecule has 18 heavy (non-hydrogen) atoms. The van der Waals surface area contributed by atoms with Crippen LogP contribution in [0.4, 0.5) is 4.39 Å². The Morgan fingerprint density at radius 3 is 2.83 bits per heavy atom. The van der Waals surface area contributed by atoms with Crippen molar-refractivity contribution in [3.63, 3.8) is 0 Å². The first kappa shape index (κ1) is 12.0. The van der Waals surface area contributed by atoms with Crippen molar-refractivity contribution in [3.8, 4) is 5.69 Å². The molecule has 0 atom stereocenters. The molecular weight excluding hydrogens is 233 g/mol. The van der Waals surface area contributed by atoms with E-state index in [-0.39, 0.29) is 11.7 Å². The van der Waals surface area contributed by atoms with Crippen molar-refractivity contribution in [2.24, 2.45) is 5.10 Å². The maximum Gasteiger partial charge on any atom is 0.236 e. The molecule has 1 aromatic carbocycles. The minimum Gasteiger partial charge on any atom is -0.313 e. The zero-order valence-corrected chi connectivity index (χ0v) is 9.80. The van der Waals surface area contributed by atoms with Crippen LogP contribution in [0.5, 0.6) is 0 Å². The van der Waals surface area contributed by atoms with Gasteiger partial charge in [-0.3, -0.25) is 4.79 Å². The second kappa shape index (κ2) is 5.27. The third-order valence-corrected chi connectivity index (χ3v) is 2.31. The number of aromatic nitrogens is 1. The summed E-state index contributed by atoms with van der Waals surface area (Å²) in [6.07, 6.45) is 3.20. The Kier molecular flexibility index (Phi) is 3.52.